The standard InChI is InChI=1S/C17H25NS/c1-17(2)8-7-15(18)12(10-17)9-13-11-19-16-6-4-3-5-14(13)16/h3-6,12-13,15H,7-11,18H2,1-2H3. The lowest BCUT2D eigenvalue weighted by molar-refractivity contribution is 0.146. The first kappa shape index (κ1) is 13.5. The van der Waals surface area contributed by atoms with Crippen LogP contribution in [-0.4, -0.2) is 11.8 Å². The SMILES string of the molecule is CC1(C)CCC(N)C(CC2CSc3ccccc32)C1. The van der Waals surface area contributed by atoms with Crippen molar-refractivity contribution in [3.05, 3.63) is 29.8 Å². The lowest BCUT2D eigenvalue weighted by Gasteiger charge is -2.40. The smallest absolute Gasteiger partial charge is 0.0107 e. The van der Waals surface area contributed by atoms with Gasteiger partial charge in [0.15, 0.2) is 0 Å². The van der Waals surface area contributed by atoms with Gasteiger partial charge < -0.3 is 5.73 Å². The highest BCUT2D eigenvalue weighted by molar-refractivity contribution is 7.99. The Kier molecular flexibility index (Phi) is 3.65. The van der Waals surface area contributed by atoms with Crippen LogP contribution in [0.3, 0.4) is 0 Å². The molecule has 1 aromatic rings. The Morgan fingerprint density at radius 3 is 2.95 bits per heavy atom. The second-order valence-corrected chi connectivity index (χ2v) is 8.17. The van der Waals surface area contributed by atoms with E-state index in [2.05, 4.69) is 38.1 Å². The summed E-state index contributed by atoms with van der Waals surface area (Å²) in [6.07, 6.45) is 5.09. The highest BCUT2D eigenvalue weighted by atomic mass is 32.2. The molecule has 0 amide bonds. The first-order chi connectivity index (χ1) is 9.05. The number of rotatable bonds is 2. The quantitative estimate of drug-likeness (QED) is 0.864. The van der Waals surface area contributed by atoms with Crippen LogP contribution in [0.5, 0.6) is 0 Å². The Bertz CT molecular complexity index is 454. The number of hydrogen-bond acceptors (Lipinski definition) is 2. The molecule has 1 aliphatic heterocycles. The zero-order valence-corrected chi connectivity index (χ0v) is 12.9. The summed E-state index contributed by atoms with van der Waals surface area (Å²) in [6, 6.07) is 9.35. The molecule has 1 heterocycles. The fourth-order valence-electron chi connectivity index (χ4n) is 3.80. The monoisotopic (exact) mass is 275 g/mol. The second kappa shape index (κ2) is 5.14. The Hall–Kier alpha value is -0.470. The Morgan fingerprint density at radius 2 is 2.11 bits per heavy atom. The molecule has 2 heteroatoms. The summed E-state index contributed by atoms with van der Waals surface area (Å²) >= 11 is 2.02. The van der Waals surface area contributed by atoms with Gasteiger partial charge in [0.25, 0.3) is 0 Å². The van der Waals surface area contributed by atoms with Crippen LogP contribution in [0.1, 0.15) is 51.0 Å². The summed E-state index contributed by atoms with van der Waals surface area (Å²) in [6.45, 7) is 4.81. The summed E-state index contributed by atoms with van der Waals surface area (Å²) in [5, 5.41) is 0. The first-order valence-electron chi connectivity index (χ1n) is 7.52. The van der Waals surface area contributed by atoms with Gasteiger partial charge in [-0.15, -0.1) is 11.8 Å². The van der Waals surface area contributed by atoms with Gasteiger partial charge in [-0.05, 0) is 54.6 Å². The summed E-state index contributed by atoms with van der Waals surface area (Å²) < 4.78 is 0. The number of hydrogen-bond donors (Lipinski definition) is 1. The van der Waals surface area contributed by atoms with Crippen molar-refractivity contribution in [1.29, 1.82) is 0 Å². The predicted octanol–water partition coefficient (Wildman–Crippen LogP) is 4.42. The predicted molar refractivity (Wildman–Crippen MR) is 83.6 cm³/mol. The van der Waals surface area contributed by atoms with Gasteiger partial charge in [0, 0.05) is 16.7 Å². The zero-order chi connectivity index (χ0) is 13.5. The van der Waals surface area contributed by atoms with Crippen LogP contribution in [-0.2, 0) is 0 Å². The van der Waals surface area contributed by atoms with Gasteiger partial charge in [0.05, 0.1) is 0 Å². The first-order valence-corrected chi connectivity index (χ1v) is 8.51. The molecule has 0 spiro atoms. The molecule has 1 saturated carbocycles. The molecule has 2 aliphatic rings. The minimum absolute atomic E-state index is 0.422. The molecule has 3 rings (SSSR count). The Labute approximate surface area is 121 Å². The van der Waals surface area contributed by atoms with Gasteiger partial charge in [0.1, 0.15) is 0 Å². The van der Waals surface area contributed by atoms with Gasteiger partial charge in [0.2, 0.25) is 0 Å². The van der Waals surface area contributed by atoms with Gasteiger partial charge in [-0.2, -0.15) is 0 Å². The highest BCUT2D eigenvalue weighted by Gasteiger charge is 2.35. The molecule has 104 valence electrons. The third-order valence-electron chi connectivity index (χ3n) is 4.96. The molecule has 1 nitrogen and oxygen atoms in total. The van der Waals surface area contributed by atoms with Crippen molar-refractivity contribution in [3.63, 3.8) is 0 Å². The molecule has 2 N–H and O–H groups in total. The molecule has 1 fully saturated rings. The summed E-state index contributed by atoms with van der Waals surface area (Å²) in [5.74, 6) is 2.69. The lowest BCUT2D eigenvalue weighted by atomic mass is 9.67. The molecule has 3 unspecified atom stereocenters. The van der Waals surface area contributed by atoms with E-state index < -0.39 is 0 Å². The van der Waals surface area contributed by atoms with Crippen molar-refractivity contribution in [1.82, 2.24) is 0 Å². The van der Waals surface area contributed by atoms with Crippen molar-refractivity contribution in [2.45, 2.75) is 56.4 Å². The topological polar surface area (TPSA) is 26.0 Å². The van der Waals surface area contributed by atoms with Gasteiger partial charge >= 0.3 is 0 Å². The van der Waals surface area contributed by atoms with Crippen molar-refractivity contribution < 1.29 is 0 Å². The Balaban J connectivity index is 1.72. The van der Waals surface area contributed by atoms with E-state index >= 15 is 0 Å². The van der Waals surface area contributed by atoms with Crippen LogP contribution in [0, 0.1) is 11.3 Å². The van der Waals surface area contributed by atoms with Crippen LogP contribution in [0.2, 0.25) is 0 Å². The van der Waals surface area contributed by atoms with Gasteiger partial charge in [-0.1, -0.05) is 32.0 Å². The van der Waals surface area contributed by atoms with E-state index in [0.717, 1.165) is 5.92 Å². The van der Waals surface area contributed by atoms with Crippen LogP contribution in [0.4, 0.5) is 0 Å². The molecular formula is C17H25NS. The lowest BCUT2D eigenvalue weighted by Crippen LogP contribution is -2.39. The molecule has 3 atom stereocenters. The highest BCUT2D eigenvalue weighted by Crippen LogP contribution is 2.46. The molecule has 19 heavy (non-hydrogen) atoms. The van der Waals surface area contributed by atoms with E-state index in [1.807, 2.05) is 11.8 Å². The molecule has 0 bridgehead atoms. The summed E-state index contributed by atoms with van der Waals surface area (Å²) in [4.78, 5) is 1.50. The summed E-state index contributed by atoms with van der Waals surface area (Å²) in [7, 11) is 0. The maximum absolute atomic E-state index is 6.39. The Morgan fingerprint density at radius 1 is 1.32 bits per heavy atom. The van der Waals surface area contributed by atoms with E-state index in [1.165, 1.54) is 36.3 Å². The minimum atomic E-state index is 0.422. The van der Waals surface area contributed by atoms with Gasteiger partial charge in [-0.25, -0.2) is 0 Å². The van der Waals surface area contributed by atoms with Crippen LogP contribution in [0.25, 0.3) is 0 Å². The number of benzene rings is 1. The van der Waals surface area contributed by atoms with Crippen molar-refractivity contribution in [2.24, 2.45) is 17.1 Å². The number of fused-ring (bicyclic) bond motifs is 1. The maximum Gasteiger partial charge on any atom is 0.0107 e. The third-order valence-corrected chi connectivity index (χ3v) is 6.21. The average molecular weight is 275 g/mol. The second-order valence-electron chi connectivity index (χ2n) is 7.11. The molecule has 0 saturated heterocycles. The largest absolute Gasteiger partial charge is 0.327 e. The van der Waals surface area contributed by atoms with Crippen LogP contribution in [0.15, 0.2) is 29.2 Å². The van der Waals surface area contributed by atoms with Crippen molar-refractivity contribution in [2.75, 3.05) is 5.75 Å². The molecule has 1 aliphatic carbocycles. The van der Waals surface area contributed by atoms with Crippen molar-refractivity contribution >= 4 is 11.8 Å². The number of thioether (sulfide) groups is 1. The summed E-state index contributed by atoms with van der Waals surface area (Å²) in [5.41, 5.74) is 8.46. The fourth-order valence-corrected chi connectivity index (χ4v) is 5.08. The molecule has 0 aromatic heterocycles. The normalized spacial score (nSPS) is 33.1. The zero-order valence-electron chi connectivity index (χ0n) is 12.1. The number of nitrogens with two attached hydrogens (primary N) is 1. The van der Waals surface area contributed by atoms with E-state index in [4.69, 9.17) is 5.73 Å². The van der Waals surface area contributed by atoms with Gasteiger partial charge in [-0.3, -0.25) is 0 Å². The molecule has 1 aromatic carbocycles. The fraction of sp³-hybridized carbons (Fsp3) is 0.647. The maximum atomic E-state index is 6.39. The third kappa shape index (κ3) is 2.85. The average Bonchev–Trinajstić information content (AvgIpc) is 2.77. The molecular weight excluding hydrogens is 250 g/mol. The minimum Gasteiger partial charge on any atom is -0.327 e. The van der Waals surface area contributed by atoms with E-state index in [9.17, 15) is 0 Å². The van der Waals surface area contributed by atoms with E-state index in [1.54, 1.807) is 5.56 Å². The molecule has 0 radical (unpaired) electrons. The van der Waals surface area contributed by atoms with Crippen LogP contribution >= 0.6 is 11.8 Å². The van der Waals surface area contributed by atoms with E-state index in [0.29, 0.717) is 17.4 Å². The van der Waals surface area contributed by atoms with Crippen LogP contribution < -0.4 is 5.73 Å². The van der Waals surface area contributed by atoms with Crippen molar-refractivity contribution in [3.8, 4) is 0 Å². The van der Waals surface area contributed by atoms with E-state index in [-0.39, 0.29) is 0 Å².